The Morgan fingerprint density at radius 2 is 0.621 bits per heavy atom. The third-order valence-corrected chi connectivity index (χ3v) is 8.78. The molecule has 0 aromatic carbocycles. The van der Waals surface area contributed by atoms with Crippen molar-refractivity contribution in [2.24, 2.45) is 0 Å². The third-order valence-electron chi connectivity index (χ3n) is 5.52. The predicted molar refractivity (Wildman–Crippen MR) is 141 cm³/mol. The molecule has 0 spiro atoms. The van der Waals surface area contributed by atoms with Gasteiger partial charge in [0.1, 0.15) is 0 Å². The van der Waals surface area contributed by atoms with E-state index in [1.165, 1.54) is 103 Å². The maximum absolute atomic E-state index is 2.60. The van der Waals surface area contributed by atoms with Crippen LogP contribution in [-0.2, 0) is 0 Å². The number of hydrogen-bond acceptors (Lipinski definition) is 0. The minimum atomic E-state index is -1.76. The summed E-state index contributed by atoms with van der Waals surface area (Å²) in [6.07, 6.45) is 30.9. The van der Waals surface area contributed by atoms with Crippen molar-refractivity contribution in [3.05, 3.63) is 47.6 Å². The van der Waals surface area contributed by atoms with Crippen molar-refractivity contribution in [2.75, 3.05) is 0 Å². The van der Waals surface area contributed by atoms with Gasteiger partial charge < -0.3 is 0 Å². The van der Waals surface area contributed by atoms with Gasteiger partial charge in [0.25, 0.3) is 0 Å². The Morgan fingerprint density at radius 3 is 0.828 bits per heavy atom. The van der Waals surface area contributed by atoms with E-state index in [0.717, 1.165) is 0 Å². The monoisotopic (exact) mass is 420 g/mol. The van der Waals surface area contributed by atoms with E-state index in [-0.39, 0.29) is 0 Å². The van der Waals surface area contributed by atoms with Crippen molar-refractivity contribution < 1.29 is 0 Å². The topological polar surface area (TPSA) is 0 Å². The van der Waals surface area contributed by atoms with Gasteiger partial charge in [0.05, 0.1) is 0 Å². The van der Waals surface area contributed by atoms with Crippen molar-refractivity contribution in [1.82, 2.24) is 0 Å². The molecule has 29 heavy (non-hydrogen) atoms. The Kier molecular flexibility index (Phi) is 21.6. The fourth-order valence-electron chi connectivity index (χ4n) is 3.53. The average Bonchev–Trinajstić information content (AvgIpc) is 2.73. The van der Waals surface area contributed by atoms with Crippen LogP contribution in [0.15, 0.2) is 47.6 Å². The van der Waals surface area contributed by atoms with Gasteiger partial charge in [-0.2, -0.15) is 0 Å². The first-order valence-corrected chi connectivity index (χ1v) is 15.3. The Labute approximate surface area is 185 Å². The number of rotatable bonds is 20. The van der Waals surface area contributed by atoms with Gasteiger partial charge in [-0.3, -0.25) is 0 Å². The van der Waals surface area contributed by atoms with Crippen molar-refractivity contribution in [1.29, 1.82) is 0 Å². The first-order chi connectivity index (χ1) is 14.2. The van der Waals surface area contributed by atoms with Gasteiger partial charge in [-0.05, 0) is 0 Å². The molecule has 0 aliphatic heterocycles. The van der Waals surface area contributed by atoms with Crippen molar-refractivity contribution in [2.45, 2.75) is 130 Å². The molecule has 0 aromatic heterocycles. The second kappa shape index (κ2) is 22.1. The zero-order valence-corrected chi connectivity index (χ0v) is 21.4. The Balaban J connectivity index is 5.27. The molecule has 0 saturated heterocycles. The summed E-state index contributed by atoms with van der Waals surface area (Å²) in [6, 6.07) is 0. The Morgan fingerprint density at radius 1 is 0.379 bits per heavy atom. The van der Waals surface area contributed by atoms with Gasteiger partial charge in [-0.15, -0.1) is 0 Å². The van der Waals surface area contributed by atoms with E-state index in [2.05, 4.69) is 75.3 Å². The zero-order valence-electron chi connectivity index (χ0n) is 20.4. The summed E-state index contributed by atoms with van der Waals surface area (Å²) in [5.74, 6) is 10.4. The van der Waals surface area contributed by atoms with Crippen LogP contribution in [0.3, 0.4) is 0 Å². The van der Waals surface area contributed by atoms with Crippen LogP contribution in [0.5, 0.6) is 0 Å². The van der Waals surface area contributed by atoms with Crippen LogP contribution in [0, 0.1) is 0 Å². The van der Waals surface area contributed by atoms with Gasteiger partial charge in [-0.25, -0.2) is 0 Å². The first kappa shape index (κ1) is 28.4. The van der Waals surface area contributed by atoms with Crippen LogP contribution < -0.4 is 0 Å². The fourth-order valence-corrected chi connectivity index (χ4v) is 6.50. The Bertz CT molecular complexity index is 356. The summed E-state index contributed by atoms with van der Waals surface area (Å²) in [5.41, 5.74) is 0. The average molecular weight is 421 g/mol. The number of unbranched alkanes of at least 4 members (excludes halogenated alkanes) is 12. The van der Waals surface area contributed by atoms with Crippen LogP contribution in [0.2, 0.25) is 0 Å². The molecule has 0 atom stereocenters. The minimum absolute atomic E-state index is 1.24. The molecular weight excluding hydrogens is 367 g/mol. The molecule has 1 heteroatoms. The van der Waals surface area contributed by atoms with E-state index in [1.54, 1.807) is 0 Å². The molecule has 0 unspecified atom stereocenters. The SMILES string of the molecule is CCCCCC=C[PH](C=CCCCCC)(C=CCCCCC)C=CCCCCC. The first-order valence-electron chi connectivity index (χ1n) is 12.9. The van der Waals surface area contributed by atoms with Gasteiger partial charge in [0.15, 0.2) is 0 Å². The number of hydrogen-bond donors (Lipinski definition) is 0. The normalized spacial score (nSPS) is 13.7. The van der Waals surface area contributed by atoms with E-state index >= 15 is 0 Å². The Hall–Kier alpha value is -0.610. The van der Waals surface area contributed by atoms with E-state index < -0.39 is 7.26 Å². The van der Waals surface area contributed by atoms with E-state index in [0.29, 0.717) is 0 Å². The van der Waals surface area contributed by atoms with E-state index in [9.17, 15) is 0 Å². The molecule has 0 rings (SSSR count). The summed E-state index contributed by atoms with van der Waals surface area (Å²) in [5, 5.41) is 0. The molecule has 0 N–H and O–H groups in total. The van der Waals surface area contributed by atoms with Crippen molar-refractivity contribution >= 4 is 7.26 Å². The molecule has 0 aliphatic rings. The van der Waals surface area contributed by atoms with E-state index in [4.69, 9.17) is 0 Å². The van der Waals surface area contributed by atoms with E-state index in [1.807, 2.05) is 0 Å². The summed E-state index contributed by atoms with van der Waals surface area (Å²) in [6.45, 7) is 9.17. The molecule has 0 bridgehead atoms. The fraction of sp³-hybridized carbons (Fsp3) is 0.714. The molecule has 0 aromatic rings. The molecule has 0 radical (unpaired) electrons. The second-order valence-corrected chi connectivity index (χ2v) is 11.9. The molecule has 0 amide bonds. The molecule has 0 saturated carbocycles. The zero-order chi connectivity index (χ0) is 21.5. The van der Waals surface area contributed by atoms with Crippen molar-refractivity contribution in [3.63, 3.8) is 0 Å². The summed E-state index contributed by atoms with van der Waals surface area (Å²) in [4.78, 5) is 0. The molecule has 0 fully saturated rings. The second-order valence-electron chi connectivity index (χ2n) is 8.59. The summed E-state index contributed by atoms with van der Waals surface area (Å²) < 4.78 is 0. The van der Waals surface area contributed by atoms with Crippen molar-refractivity contribution in [3.8, 4) is 0 Å². The molecule has 0 nitrogen and oxygen atoms in total. The van der Waals surface area contributed by atoms with Crippen LogP contribution in [0.1, 0.15) is 130 Å². The van der Waals surface area contributed by atoms with Gasteiger partial charge in [0, 0.05) is 0 Å². The van der Waals surface area contributed by atoms with Gasteiger partial charge >= 0.3 is 185 Å². The molecular formula is C28H53P. The summed E-state index contributed by atoms with van der Waals surface area (Å²) >= 11 is 0. The molecule has 0 aliphatic carbocycles. The van der Waals surface area contributed by atoms with Crippen LogP contribution in [0.25, 0.3) is 0 Å². The predicted octanol–water partition coefficient (Wildman–Crippen LogP) is 11.1. The quantitative estimate of drug-likeness (QED) is 0.136. The standard InChI is InChI=1S/C28H53P/c1-5-9-13-17-21-25-29(26-22-18-14-10-6-2,27-23-19-15-11-7-3)28-24-20-16-12-8-4/h21-29H,5-20H2,1-4H3. The number of allylic oxidation sites excluding steroid dienone is 4. The summed E-state index contributed by atoms with van der Waals surface area (Å²) in [7, 11) is -1.76. The molecule has 170 valence electrons. The van der Waals surface area contributed by atoms with Gasteiger partial charge in [0.2, 0.25) is 0 Å². The van der Waals surface area contributed by atoms with Crippen LogP contribution >= 0.6 is 7.26 Å². The van der Waals surface area contributed by atoms with Crippen LogP contribution in [0.4, 0.5) is 0 Å². The van der Waals surface area contributed by atoms with Crippen LogP contribution in [-0.4, -0.2) is 0 Å². The molecule has 0 heterocycles. The van der Waals surface area contributed by atoms with Gasteiger partial charge in [-0.1, -0.05) is 0 Å². The maximum atomic E-state index is 2.60. The third kappa shape index (κ3) is 17.9.